The Labute approximate surface area is 136 Å². The highest BCUT2D eigenvalue weighted by molar-refractivity contribution is 7.14. The van der Waals surface area contributed by atoms with Crippen LogP contribution in [0.3, 0.4) is 0 Å². The summed E-state index contributed by atoms with van der Waals surface area (Å²) in [6.07, 6.45) is 2.91. The molecule has 1 aromatic rings. The first-order valence-electron chi connectivity index (χ1n) is 8.24. The Morgan fingerprint density at radius 2 is 2.14 bits per heavy atom. The van der Waals surface area contributed by atoms with E-state index in [2.05, 4.69) is 44.5 Å². The van der Waals surface area contributed by atoms with Gasteiger partial charge in [-0.15, -0.1) is 11.3 Å². The molecule has 5 nitrogen and oxygen atoms in total. The van der Waals surface area contributed by atoms with E-state index >= 15 is 0 Å². The molecular weight excluding hydrogens is 296 g/mol. The lowest BCUT2D eigenvalue weighted by molar-refractivity contribution is -0.0237. The summed E-state index contributed by atoms with van der Waals surface area (Å²) in [7, 11) is 0. The van der Waals surface area contributed by atoms with E-state index < -0.39 is 5.60 Å². The third-order valence-corrected chi connectivity index (χ3v) is 5.47. The van der Waals surface area contributed by atoms with Crippen LogP contribution in [0.5, 0.6) is 0 Å². The smallest absolute Gasteiger partial charge is 0.194 e. The predicted molar refractivity (Wildman–Crippen MR) is 92.9 cm³/mol. The van der Waals surface area contributed by atoms with Gasteiger partial charge in [-0.2, -0.15) is 0 Å². The quantitative estimate of drug-likeness (QED) is 0.655. The van der Waals surface area contributed by atoms with Crippen LogP contribution in [0.1, 0.15) is 26.2 Å². The fourth-order valence-electron chi connectivity index (χ4n) is 2.98. The Bertz CT molecular complexity index is 490. The molecule has 2 N–H and O–H groups in total. The van der Waals surface area contributed by atoms with Crippen molar-refractivity contribution in [2.45, 2.75) is 31.8 Å². The van der Waals surface area contributed by atoms with Crippen LogP contribution in [-0.4, -0.2) is 60.8 Å². The second-order valence-electron chi connectivity index (χ2n) is 6.17. The van der Waals surface area contributed by atoms with Crippen LogP contribution in [0, 0.1) is 0 Å². The molecule has 2 aliphatic rings. The minimum absolute atomic E-state index is 0.528. The summed E-state index contributed by atoms with van der Waals surface area (Å²) >= 11 is 1.80. The molecule has 0 radical (unpaired) electrons. The number of nitrogens with one attached hydrogen (secondary N) is 1. The molecule has 0 spiro atoms. The van der Waals surface area contributed by atoms with Gasteiger partial charge in [0.25, 0.3) is 0 Å². The number of hydrogen-bond donors (Lipinski definition) is 2. The fraction of sp³-hybridized carbons (Fsp3) is 0.688. The van der Waals surface area contributed by atoms with Crippen LogP contribution < -0.4 is 10.2 Å². The lowest BCUT2D eigenvalue weighted by Crippen LogP contribution is -2.53. The highest BCUT2D eigenvalue weighted by Gasteiger charge is 2.34. The van der Waals surface area contributed by atoms with Gasteiger partial charge >= 0.3 is 0 Å². The Hall–Kier alpha value is -1.27. The van der Waals surface area contributed by atoms with E-state index in [9.17, 15) is 5.11 Å². The molecule has 1 aliphatic heterocycles. The van der Waals surface area contributed by atoms with Gasteiger partial charge in [0.15, 0.2) is 5.96 Å². The van der Waals surface area contributed by atoms with Crippen molar-refractivity contribution < 1.29 is 5.11 Å². The molecule has 0 bridgehead atoms. The zero-order valence-electron chi connectivity index (χ0n) is 13.3. The van der Waals surface area contributed by atoms with Crippen LogP contribution in [0.2, 0.25) is 0 Å². The lowest BCUT2D eigenvalue weighted by atomic mass is 9.80. The molecule has 6 heteroatoms. The van der Waals surface area contributed by atoms with Crippen LogP contribution in [-0.2, 0) is 0 Å². The number of rotatable bonds is 4. The second kappa shape index (κ2) is 6.87. The molecule has 1 saturated carbocycles. The van der Waals surface area contributed by atoms with E-state index in [0.29, 0.717) is 6.54 Å². The summed E-state index contributed by atoms with van der Waals surface area (Å²) in [5, 5.41) is 17.1. The van der Waals surface area contributed by atoms with Gasteiger partial charge in [-0.05, 0) is 43.7 Å². The standard InChI is InChI=1S/C16H26N4OS/c1-2-17-15(18-13-16(21)6-4-7-16)20-10-8-19(9-11-20)14-5-3-12-22-14/h3,5,12,21H,2,4,6-11,13H2,1H3,(H,17,18). The number of nitrogens with zero attached hydrogens (tertiary/aromatic N) is 3. The fourth-order valence-corrected chi connectivity index (χ4v) is 3.76. The van der Waals surface area contributed by atoms with E-state index in [0.717, 1.165) is 57.9 Å². The molecule has 3 rings (SSSR count). The second-order valence-corrected chi connectivity index (χ2v) is 7.10. The Morgan fingerprint density at radius 3 is 2.68 bits per heavy atom. The van der Waals surface area contributed by atoms with Gasteiger partial charge in [-0.1, -0.05) is 0 Å². The van der Waals surface area contributed by atoms with Gasteiger partial charge in [0.2, 0.25) is 0 Å². The first kappa shape index (κ1) is 15.6. The van der Waals surface area contributed by atoms with Crippen molar-refractivity contribution in [3.05, 3.63) is 17.5 Å². The molecule has 1 aliphatic carbocycles. The Kier molecular flexibility index (Phi) is 4.88. The van der Waals surface area contributed by atoms with Crippen molar-refractivity contribution in [1.82, 2.24) is 10.2 Å². The van der Waals surface area contributed by atoms with Gasteiger partial charge in [0, 0.05) is 32.7 Å². The van der Waals surface area contributed by atoms with Crippen LogP contribution >= 0.6 is 11.3 Å². The van der Waals surface area contributed by atoms with Crippen molar-refractivity contribution in [3.8, 4) is 0 Å². The number of aliphatic imine (C=N–C) groups is 1. The molecule has 0 atom stereocenters. The molecule has 122 valence electrons. The summed E-state index contributed by atoms with van der Waals surface area (Å²) in [4.78, 5) is 9.43. The number of thiophene rings is 1. The maximum Gasteiger partial charge on any atom is 0.194 e. The lowest BCUT2D eigenvalue weighted by Gasteiger charge is -2.38. The van der Waals surface area contributed by atoms with Crippen LogP contribution in [0.25, 0.3) is 0 Å². The minimum Gasteiger partial charge on any atom is -0.388 e. The average molecular weight is 322 g/mol. The summed E-state index contributed by atoms with van der Waals surface area (Å²) in [6.45, 7) is 7.48. The van der Waals surface area contributed by atoms with Crippen LogP contribution in [0.15, 0.2) is 22.5 Å². The van der Waals surface area contributed by atoms with Gasteiger partial charge in [-0.3, -0.25) is 4.99 Å². The van der Waals surface area contributed by atoms with Crippen molar-refractivity contribution in [2.24, 2.45) is 4.99 Å². The molecule has 1 saturated heterocycles. The molecule has 2 fully saturated rings. The number of anilines is 1. The first-order valence-corrected chi connectivity index (χ1v) is 9.12. The van der Waals surface area contributed by atoms with Gasteiger partial charge in [0.05, 0.1) is 17.1 Å². The number of guanidine groups is 1. The topological polar surface area (TPSA) is 51.1 Å². The number of piperazine rings is 1. The molecule has 0 aromatic carbocycles. The van der Waals surface area contributed by atoms with E-state index in [1.165, 1.54) is 5.00 Å². The predicted octanol–water partition coefficient (Wildman–Crippen LogP) is 1.75. The van der Waals surface area contributed by atoms with E-state index in [1.54, 1.807) is 11.3 Å². The largest absolute Gasteiger partial charge is 0.388 e. The van der Waals surface area contributed by atoms with E-state index in [-0.39, 0.29) is 0 Å². The maximum absolute atomic E-state index is 10.2. The van der Waals surface area contributed by atoms with E-state index in [1.807, 2.05) is 0 Å². The monoisotopic (exact) mass is 322 g/mol. The highest BCUT2D eigenvalue weighted by atomic mass is 32.1. The zero-order chi connectivity index (χ0) is 15.4. The molecule has 2 heterocycles. The molecule has 0 unspecified atom stereocenters. The van der Waals surface area contributed by atoms with Crippen molar-refractivity contribution in [1.29, 1.82) is 0 Å². The summed E-state index contributed by atoms with van der Waals surface area (Å²) in [5.41, 5.74) is -0.542. The normalized spacial score (nSPS) is 21.6. The van der Waals surface area contributed by atoms with Crippen molar-refractivity contribution in [2.75, 3.05) is 44.2 Å². The molecular formula is C16H26N4OS. The third-order valence-electron chi connectivity index (χ3n) is 4.54. The highest BCUT2D eigenvalue weighted by Crippen LogP contribution is 2.31. The summed E-state index contributed by atoms with van der Waals surface area (Å²) in [5.74, 6) is 0.952. The zero-order valence-corrected chi connectivity index (χ0v) is 14.1. The van der Waals surface area contributed by atoms with Gasteiger partial charge < -0.3 is 20.2 Å². The Morgan fingerprint density at radius 1 is 1.36 bits per heavy atom. The van der Waals surface area contributed by atoms with Crippen LogP contribution in [0.4, 0.5) is 5.00 Å². The van der Waals surface area contributed by atoms with E-state index in [4.69, 9.17) is 0 Å². The Balaban J connectivity index is 1.57. The summed E-state index contributed by atoms with van der Waals surface area (Å²) in [6, 6.07) is 4.29. The maximum atomic E-state index is 10.2. The van der Waals surface area contributed by atoms with Crippen molar-refractivity contribution >= 4 is 22.3 Å². The van der Waals surface area contributed by atoms with Crippen molar-refractivity contribution in [3.63, 3.8) is 0 Å². The average Bonchev–Trinajstić information content (AvgIpc) is 3.04. The molecule has 1 aromatic heterocycles. The number of aliphatic hydroxyl groups is 1. The number of hydrogen-bond acceptors (Lipinski definition) is 4. The van der Waals surface area contributed by atoms with Gasteiger partial charge in [0.1, 0.15) is 0 Å². The summed E-state index contributed by atoms with van der Waals surface area (Å²) < 4.78 is 0. The SMILES string of the molecule is CCNC(=NCC1(O)CCC1)N1CCN(c2cccs2)CC1. The van der Waals surface area contributed by atoms with Gasteiger partial charge in [-0.25, -0.2) is 0 Å². The molecule has 0 amide bonds. The minimum atomic E-state index is -0.542. The molecule has 22 heavy (non-hydrogen) atoms. The first-order chi connectivity index (χ1) is 10.7. The third kappa shape index (κ3) is 3.55.